The van der Waals surface area contributed by atoms with E-state index in [0.29, 0.717) is 37.2 Å². The number of thiazole rings is 1. The maximum Gasteiger partial charge on any atom is 0.435 e. The smallest absolute Gasteiger partial charge is 0.366 e. The Kier molecular flexibility index (Phi) is 8.93. The van der Waals surface area contributed by atoms with Crippen molar-refractivity contribution >= 4 is 29.1 Å². The van der Waals surface area contributed by atoms with E-state index in [1.54, 1.807) is 35.0 Å². The molecule has 0 spiro atoms. The van der Waals surface area contributed by atoms with Gasteiger partial charge in [-0.15, -0.1) is 11.3 Å². The number of nitrogens with two attached hydrogens (primary N) is 1. The standard InChI is InChI=1S/C34H35F3N6O3S/c1-20-17-28(34(35,36)37)40-43(20)18-29(44)42-15-13-22(14-16-42)32-39-26(19-47-32)24-10-6-11-25(31(38)45)30(24)33(46)41(2)27-12-5-8-21-7-3-4-9-23(21)27/h3-4,6-7,9-11,17,19,22,27H,5,8,12-16,18H2,1-2H3,(H2,38,45)/t27-/m0/s1. The SMILES string of the molecule is Cc1cc(C(F)(F)F)nn1CC(=O)N1CCC(c2nc(-c3cccc(C(N)=O)c3C(=O)N(C)[C@H]3CCCc4ccccc43)cs2)CC1. The van der Waals surface area contributed by atoms with E-state index >= 15 is 0 Å². The second kappa shape index (κ2) is 12.9. The highest BCUT2D eigenvalue weighted by molar-refractivity contribution is 7.10. The number of rotatable bonds is 7. The molecule has 2 N–H and O–H groups in total. The van der Waals surface area contributed by atoms with Crippen LogP contribution in [0.25, 0.3) is 11.3 Å². The van der Waals surface area contributed by atoms with Crippen LogP contribution in [0.4, 0.5) is 13.2 Å². The highest BCUT2D eigenvalue weighted by atomic mass is 32.1. The largest absolute Gasteiger partial charge is 0.435 e. The zero-order valence-corrected chi connectivity index (χ0v) is 26.9. The fraction of sp³-hybridized carbons (Fsp3) is 0.382. The van der Waals surface area contributed by atoms with E-state index in [4.69, 9.17) is 10.7 Å². The highest BCUT2D eigenvalue weighted by Crippen LogP contribution is 2.38. The number of fused-ring (bicyclic) bond motifs is 1. The van der Waals surface area contributed by atoms with Gasteiger partial charge in [-0.25, -0.2) is 4.98 Å². The predicted octanol–water partition coefficient (Wildman–Crippen LogP) is 5.99. The normalized spacial score (nSPS) is 17.0. The van der Waals surface area contributed by atoms with Crippen molar-refractivity contribution in [3.05, 3.63) is 92.6 Å². The topological polar surface area (TPSA) is 114 Å². The van der Waals surface area contributed by atoms with Gasteiger partial charge < -0.3 is 15.5 Å². The highest BCUT2D eigenvalue weighted by Gasteiger charge is 2.35. The number of aromatic nitrogens is 3. The van der Waals surface area contributed by atoms with Crippen LogP contribution in [-0.2, 0) is 23.9 Å². The number of alkyl halides is 3. The van der Waals surface area contributed by atoms with Gasteiger partial charge in [-0.3, -0.25) is 19.1 Å². The Balaban J connectivity index is 1.18. The van der Waals surface area contributed by atoms with Crippen LogP contribution in [0, 0.1) is 6.92 Å². The maximum atomic E-state index is 14.2. The van der Waals surface area contributed by atoms with Gasteiger partial charge in [0.05, 0.1) is 27.9 Å². The first-order chi connectivity index (χ1) is 22.4. The van der Waals surface area contributed by atoms with Crippen LogP contribution in [0.2, 0.25) is 0 Å². The van der Waals surface area contributed by atoms with E-state index in [2.05, 4.69) is 17.2 Å². The number of benzene rings is 2. The number of aryl methyl sites for hydroxylation is 2. The second-order valence-electron chi connectivity index (χ2n) is 12.2. The zero-order chi connectivity index (χ0) is 33.5. The molecule has 0 radical (unpaired) electrons. The lowest BCUT2D eigenvalue weighted by atomic mass is 9.86. The number of hydrogen-bond acceptors (Lipinski definition) is 6. The molecule has 4 aromatic rings. The van der Waals surface area contributed by atoms with Gasteiger partial charge in [0.1, 0.15) is 6.54 Å². The van der Waals surface area contributed by atoms with Crippen LogP contribution in [0.15, 0.2) is 53.9 Å². The van der Waals surface area contributed by atoms with Crippen LogP contribution >= 0.6 is 11.3 Å². The third-order valence-electron chi connectivity index (χ3n) is 9.22. The summed E-state index contributed by atoms with van der Waals surface area (Å²) in [5, 5.41) is 6.30. The number of nitrogens with zero attached hydrogens (tertiary/aromatic N) is 5. The molecule has 3 heterocycles. The van der Waals surface area contributed by atoms with Gasteiger partial charge in [0, 0.05) is 42.7 Å². The molecule has 2 aliphatic rings. The van der Waals surface area contributed by atoms with Crippen molar-refractivity contribution in [3.63, 3.8) is 0 Å². The number of piperidine rings is 1. The second-order valence-corrected chi connectivity index (χ2v) is 13.1. The van der Waals surface area contributed by atoms with Gasteiger partial charge in [-0.1, -0.05) is 36.4 Å². The molecule has 0 unspecified atom stereocenters. The lowest BCUT2D eigenvalue weighted by Gasteiger charge is -2.34. The van der Waals surface area contributed by atoms with Crippen molar-refractivity contribution in [2.75, 3.05) is 20.1 Å². The molecule has 1 fully saturated rings. The van der Waals surface area contributed by atoms with Gasteiger partial charge in [-0.05, 0) is 62.3 Å². The molecule has 1 aliphatic heterocycles. The van der Waals surface area contributed by atoms with E-state index in [1.165, 1.54) is 23.8 Å². The lowest BCUT2D eigenvalue weighted by molar-refractivity contribution is -0.142. The Morgan fingerprint density at radius 2 is 1.81 bits per heavy atom. The molecule has 2 aromatic carbocycles. The zero-order valence-electron chi connectivity index (χ0n) is 26.1. The Morgan fingerprint density at radius 3 is 2.51 bits per heavy atom. The lowest BCUT2D eigenvalue weighted by Crippen LogP contribution is -2.40. The summed E-state index contributed by atoms with van der Waals surface area (Å²) < 4.78 is 40.2. The average molecular weight is 665 g/mol. The third kappa shape index (κ3) is 6.53. The summed E-state index contributed by atoms with van der Waals surface area (Å²) in [6.07, 6.45) is -0.601. The average Bonchev–Trinajstić information content (AvgIpc) is 3.70. The molecule has 1 saturated heterocycles. The minimum atomic E-state index is -4.57. The predicted molar refractivity (Wildman–Crippen MR) is 171 cm³/mol. The molecule has 0 bridgehead atoms. The van der Waals surface area contributed by atoms with Crippen molar-refractivity contribution in [2.24, 2.45) is 5.73 Å². The quantitative estimate of drug-likeness (QED) is 0.261. The van der Waals surface area contributed by atoms with Crippen molar-refractivity contribution in [2.45, 2.75) is 63.7 Å². The van der Waals surface area contributed by atoms with Crippen LogP contribution in [0.5, 0.6) is 0 Å². The summed E-state index contributed by atoms with van der Waals surface area (Å²) in [5.74, 6) is -1.23. The number of halogens is 3. The van der Waals surface area contributed by atoms with Gasteiger partial charge in [0.2, 0.25) is 11.8 Å². The molecule has 246 valence electrons. The Hall–Kier alpha value is -4.52. The summed E-state index contributed by atoms with van der Waals surface area (Å²) in [4.78, 5) is 47.9. The first-order valence-electron chi connectivity index (χ1n) is 15.6. The van der Waals surface area contributed by atoms with E-state index < -0.39 is 17.8 Å². The molecular weight excluding hydrogens is 629 g/mol. The number of hydrogen-bond donors (Lipinski definition) is 1. The summed E-state index contributed by atoms with van der Waals surface area (Å²) in [5.41, 5.74) is 8.83. The molecule has 6 rings (SSSR count). The maximum absolute atomic E-state index is 14.2. The molecule has 1 aliphatic carbocycles. The first kappa shape index (κ1) is 32.4. The molecule has 0 saturated carbocycles. The summed E-state index contributed by atoms with van der Waals surface area (Å²) in [6.45, 7) is 2.09. The molecule has 47 heavy (non-hydrogen) atoms. The van der Waals surface area contributed by atoms with Gasteiger partial charge in [0.25, 0.3) is 5.91 Å². The molecule has 9 nitrogen and oxygen atoms in total. The Labute approximate surface area is 274 Å². The van der Waals surface area contributed by atoms with Gasteiger partial charge in [-0.2, -0.15) is 18.3 Å². The van der Waals surface area contributed by atoms with Crippen molar-refractivity contribution in [1.82, 2.24) is 24.6 Å². The molecule has 3 amide bonds. The molecule has 13 heteroatoms. The van der Waals surface area contributed by atoms with E-state index in [-0.39, 0.29) is 47.1 Å². The first-order valence-corrected chi connectivity index (χ1v) is 16.4. The number of likely N-dealkylation sites (tertiary alicyclic amines) is 1. The van der Waals surface area contributed by atoms with Crippen LogP contribution < -0.4 is 5.73 Å². The molecule has 2 aromatic heterocycles. The van der Waals surface area contributed by atoms with Crippen molar-refractivity contribution in [3.8, 4) is 11.3 Å². The number of carbonyl (C=O) groups is 3. The van der Waals surface area contributed by atoms with E-state index in [1.807, 2.05) is 17.5 Å². The van der Waals surface area contributed by atoms with Crippen LogP contribution in [-0.4, -0.2) is 62.4 Å². The van der Waals surface area contributed by atoms with Gasteiger partial charge >= 0.3 is 6.18 Å². The van der Waals surface area contributed by atoms with Gasteiger partial charge in [0.15, 0.2) is 5.69 Å². The monoisotopic (exact) mass is 664 g/mol. The summed E-state index contributed by atoms with van der Waals surface area (Å²) in [6, 6.07) is 14.0. The number of amides is 3. The Bertz CT molecular complexity index is 1830. The molecule has 1 atom stereocenters. The fourth-order valence-corrected chi connectivity index (χ4v) is 7.65. The van der Waals surface area contributed by atoms with Crippen LogP contribution in [0.3, 0.4) is 0 Å². The minimum Gasteiger partial charge on any atom is -0.366 e. The Morgan fingerprint density at radius 1 is 1.06 bits per heavy atom. The summed E-state index contributed by atoms with van der Waals surface area (Å²) in [7, 11) is 1.76. The van der Waals surface area contributed by atoms with E-state index in [0.717, 1.165) is 40.6 Å². The number of carbonyl (C=O) groups excluding carboxylic acids is 3. The summed E-state index contributed by atoms with van der Waals surface area (Å²) >= 11 is 1.46. The molecular formula is C34H35F3N6O3S. The number of primary amides is 1. The van der Waals surface area contributed by atoms with Crippen molar-refractivity contribution in [1.29, 1.82) is 0 Å². The van der Waals surface area contributed by atoms with Crippen molar-refractivity contribution < 1.29 is 27.6 Å². The van der Waals surface area contributed by atoms with Crippen LogP contribution in [0.1, 0.15) is 85.9 Å². The third-order valence-corrected chi connectivity index (χ3v) is 10.2. The van der Waals surface area contributed by atoms with E-state index in [9.17, 15) is 27.6 Å². The minimum absolute atomic E-state index is 0.0564. The fourth-order valence-electron chi connectivity index (χ4n) is 6.66.